The van der Waals surface area contributed by atoms with E-state index in [4.69, 9.17) is 0 Å². The first-order valence-electron chi connectivity index (χ1n) is 34.8. The standard InChI is InChI=1S/C97H76N4/c1-13-37-81(38-14-1)98(82-39-15-2-16-40-82,83-41-17-3-18-42-83)93-69-61-77(62-70-93)97(78-63-71-94(72-64-78)99(84-43-19-4-20-44-84,85-45-21-5-22-46-85)86-47-23-6-24-48-86,79-65-73-95(74-66-79)100(87-49-25-7-26-50-87,88-51-27-8-28-52-88)89-53-29-9-30-54-89)80-67-75-96(76-68-80)101(90-55-31-10-32-56-90,91-57-33-11-34-58-91)92-59-35-12-36-60-92/h1-76H/q+4. The summed E-state index contributed by atoms with van der Waals surface area (Å²) in [5, 5.41) is 0. The molecule has 0 radical (unpaired) electrons. The van der Waals surface area contributed by atoms with Crippen LogP contribution in [0.25, 0.3) is 0 Å². The third kappa shape index (κ3) is 10.7. The molecule has 0 unspecified atom stereocenters. The van der Waals surface area contributed by atoms with E-state index in [0.29, 0.717) is 17.9 Å². The Morgan fingerprint density at radius 1 is 0.0990 bits per heavy atom. The van der Waals surface area contributed by atoms with E-state index in [0.717, 1.165) is 113 Å². The molecule has 480 valence electrons. The van der Waals surface area contributed by atoms with Crippen LogP contribution in [-0.4, -0.2) is 0 Å². The van der Waals surface area contributed by atoms with Gasteiger partial charge in [0.1, 0.15) is 91.0 Å². The Bertz CT molecular complexity index is 4220. The van der Waals surface area contributed by atoms with E-state index < -0.39 is 5.41 Å². The quantitative estimate of drug-likeness (QED) is 0.0527. The van der Waals surface area contributed by atoms with Crippen LogP contribution in [0.2, 0.25) is 0 Å². The Kier molecular flexibility index (Phi) is 17.3. The van der Waals surface area contributed by atoms with Crippen molar-refractivity contribution in [2.45, 2.75) is 5.41 Å². The summed E-state index contributed by atoms with van der Waals surface area (Å²) in [6.45, 7) is 0. The molecule has 16 rings (SSSR count). The first-order valence-corrected chi connectivity index (χ1v) is 34.8. The Morgan fingerprint density at radius 2 is 0.188 bits per heavy atom. The summed E-state index contributed by atoms with van der Waals surface area (Å²) in [6.07, 6.45) is 0. The van der Waals surface area contributed by atoms with E-state index in [9.17, 15) is 0 Å². The van der Waals surface area contributed by atoms with Gasteiger partial charge in [0, 0.05) is 194 Å². The third-order valence-electron chi connectivity index (χ3n) is 20.5. The summed E-state index contributed by atoms with van der Waals surface area (Å²) in [6, 6.07) is 170. The van der Waals surface area contributed by atoms with E-state index >= 15 is 0 Å². The average Bonchev–Trinajstić information content (AvgIpc) is 0.721. The van der Waals surface area contributed by atoms with Crippen LogP contribution >= 0.6 is 0 Å². The Labute approximate surface area is 594 Å². The van der Waals surface area contributed by atoms with Gasteiger partial charge in [0.2, 0.25) is 0 Å². The molecule has 0 aromatic heterocycles. The van der Waals surface area contributed by atoms with Crippen LogP contribution in [0.5, 0.6) is 0 Å². The summed E-state index contributed by atoms with van der Waals surface area (Å²) in [7, 11) is 0. The van der Waals surface area contributed by atoms with Crippen molar-refractivity contribution in [3.05, 3.63) is 483 Å². The molecule has 0 bridgehead atoms. The van der Waals surface area contributed by atoms with E-state index in [2.05, 4.69) is 461 Å². The van der Waals surface area contributed by atoms with E-state index in [1.807, 2.05) is 0 Å². The number of hydrogen-bond acceptors (Lipinski definition) is 0. The number of nitrogens with zero attached hydrogens (tertiary/aromatic N) is 4. The second kappa shape index (κ2) is 27.7. The number of para-hydroxylation sites is 12. The zero-order chi connectivity index (χ0) is 67.8. The van der Waals surface area contributed by atoms with Gasteiger partial charge >= 0.3 is 0 Å². The van der Waals surface area contributed by atoms with Crippen LogP contribution in [0.4, 0.5) is 91.0 Å². The summed E-state index contributed by atoms with van der Waals surface area (Å²) in [5.74, 6) is 0. The highest BCUT2D eigenvalue weighted by Crippen LogP contribution is 2.58. The fourth-order valence-corrected chi connectivity index (χ4v) is 16.1. The lowest BCUT2D eigenvalue weighted by atomic mass is 9.65. The molecule has 0 aliphatic rings. The summed E-state index contributed by atoms with van der Waals surface area (Å²) < 4.78 is 1.40. The number of hydrogen-bond donors (Lipinski definition) is 0. The van der Waals surface area contributed by atoms with Crippen molar-refractivity contribution in [1.82, 2.24) is 17.9 Å². The monoisotopic (exact) mass is 1300 g/mol. The molecule has 0 aliphatic carbocycles. The van der Waals surface area contributed by atoms with Crippen molar-refractivity contribution in [2.24, 2.45) is 0 Å². The minimum Gasteiger partial charge on any atom is -0.194 e. The maximum atomic E-state index is 2.42. The van der Waals surface area contributed by atoms with Crippen LogP contribution in [0.15, 0.2) is 461 Å². The van der Waals surface area contributed by atoms with Crippen LogP contribution in [0.3, 0.4) is 0 Å². The molecule has 0 spiro atoms. The first-order chi connectivity index (χ1) is 50.1. The van der Waals surface area contributed by atoms with Gasteiger partial charge in [-0.25, -0.2) is 0 Å². The predicted octanol–water partition coefficient (Wildman–Crippen LogP) is 27.3. The van der Waals surface area contributed by atoms with Crippen LogP contribution in [-0.2, 0) is 5.41 Å². The zero-order valence-corrected chi connectivity index (χ0v) is 56.2. The minimum atomic E-state index is -0.998. The normalized spacial score (nSPS) is 12.0. The van der Waals surface area contributed by atoms with E-state index in [1.165, 1.54) is 0 Å². The predicted molar refractivity (Wildman–Crippen MR) is 425 cm³/mol. The third-order valence-corrected chi connectivity index (χ3v) is 20.5. The molecule has 16 aromatic carbocycles. The minimum absolute atomic E-state index is 0.350. The van der Waals surface area contributed by atoms with Crippen LogP contribution < -0.4 is 17.9 Å². The van der Waals surface area contributed by atoms with Crippen LogP contribution in [0, 0.1) is 0 Å². The second-order valence-corrected chi connectivity index (χ2v) is 25.6. The first kappa shape index (κ1) is 63.1. The molecule has 16 aromatic rings. The molecule has 0 saturated carbocycles. The smallest absolute Gasteiger partial charge is 0.148 e. The van der Waals surface area contributed by atoms with Gasteiger partial charge < -0.3 is 0 Å². The van der Waals surface area contributed by atoms with Gasteiger partial charge in [0.15, 0.2) is 0 Å². The molecule has 0 N–H and O–H groups in total. The van der Waals surface area contributed by atoms with E-state index in [1.54, 1.807) is 0 Å². The summed E-state index contributed by atoms with van der Waals surface area (Å²) in [4.78, 5) is 0. The highest BCUT2D eigenvalue weighted by atomic mass is 15.4. The highest BCUT2D eigenvalue weighted by molar-refractivity contribution is 5.87. The van der Waals surface area contributed by atoms with E-state index in [-0.39, 0.29) is 0 Å². The molecule has 4 heteroatoms. The fourth-order valence-electron chi connectivity index (χ4n) is 16.1. The summed E-state index contributed by atoms with van der Waals surface area (Å²) in [5.41, 5.74) is 21.2. The lowest BCUT2D eigenvalue weighted by Gasteiger charge is -2.41. The molecule has 0 amide bonds. The van der Waals surface area contributed by atoms with Gasteiger partial charge in [-0.05, 0) is 22.3 Å². The summed E-state index contributed by atoms with van der Waals surface area (Å²) >= 11 is 0. The maximum absolute atomic E-state index is 2.42. The largest absolute Gasteiger partial charge is 0.194 e. The molecule has 4 nitrogen and oxygen atoms in total. The van der Waals surface area contributed by atoms with Crippen molar-refractivity contribution in [3.63, 3.8) is 0 Å². The van der Waals surface area contributed by atoms with Gasteiger partial charge in [-0.15, -0.1) is 0 Å². The topological polar surface area (TPSA) is 0 Å². The molecule has 0 aliphatic heterocycles. The number of benzene rings is 16. The van der Waals surface area contributed by atoms with Gasteiger partial charge in [-0.1, -0.05) is 267 Å². The molecule has 0 heterocycles. The number of quaternary nitrogens is 4. The second-order valence-electron chi connectivity index (χ2n) is 25.6. The lowest BCUT2D eigenvalue weighted by molar-refractivity contribution is 0.689. The molecule has 101 heavy (non-hydrogen) atoms. The van der Waals surface area contributed by atoms with Crippen LogP contribution in [0.1, 0.15) is 22.3 Å². The maximum Gasteiger partial charge on any atom is 0.148 e. The van der Waals surface area contributed by atoms with Crippen molar-refractivity contribution >= 4 is 91.0 Å². The van der Waals surface area contributed by atoms with Gasteiger partial charge in [0.25, 0.3) is 0 Å². The Hall–Kier alpha value is -12.6. The molecular formula is C97H76N4+4. The SMILES string of the molecule is c1ccc([N+](c2ccccc2)(c2ccccc2)c2ccc(C(c3ccc([N+](c4ccccc4)(c4ccccc4)c4ccccc4)cc3)(c3ccc([N+](c4ccccc4)(c4ccccc4)c4ccccc4)cc3)c3ccc([N+](c4ccccc4)(c4ccccc4)c4ccccc4)cc3)cc2)cc1. The molecule has 0 fully saturated rings. The van der Waals surface area contributed by atoms with Crippen molar-refractivity contribution in [2.75, 3.05) is 0 Å². The number of rotatable bonds is 20. The highest BCUT2D eigenvalue weighted by Gasteiger charge is 2.47. The zero-order valence-electron chi connectivity index (χ0n) is 56.2. The average molecular weight is 1300 g/mol. The molecular weight excluding hydrogens is 1220 g/mol. The van der Waals surface area contributed by atoms with Crippen molar-refractivity contribution in [1.29, 1.82) is 0 Å². The van der Waals surface area contributed by atoms with Gasteiger partial charge in [-0.2, -0.15) is 17.9 Å². The Balaban J connectivity index is 1.01. The van der Waals surface area contributed by atoms with Gasteiger partial charge in [0.05, 0.1) is 5.41 Å². The Morgan fingerprint density at radius 3 is 0.287 bits per heavy atom. The molecule has 0 atom stereocenters. The van der Waals surface area contributed by atoms with Gasteiger partial charge in [-0.3, -0.25) is 0 Å². The molecule has 0 saturated heterocycles. The van der Waals surface area contributed by atoms with Crippen molar-refractivity contribution < 1.29 is 0 Å². The lowest BCUT2D eigenvalue weighted by Crippen LogP contribution is -2.35. The van der Waals surface area contributed by atoms with Crippen molar-refractivity contribution in [3.8, 4) is 0 Å². The fraction of sp³-hybridized carbons (Fsp3) is 0.0103.